The molecule has 1 heterocycles. The maximum atomic E-state index is 9.16. The van der Waals surface area contributed by atoms with Crippen LogP contribution in [0.2, 0.25) is 0 Å². The number of rotatable bonds is 6. The highest BCUT2D eigenvalue weighted by atomic mass is 32.1. The van der Waals surface area contributed by atoms with E-state index < -0.39 is 0 Å². The summed E-state index contributed by atoms with van der Waals surface area (Å²) in [4.78, 5) is 2.13. The van der Waals surface area contributed by atoms with E-state index in [-0.39, 0.29) is 6.10 Å². The molecule has 15 heavy (non-hydrogen) atoms. The third-order valence-electron chi connectivity index (χ3n) is 2.13. The third kappa shape index (κ3) is 4.11. The molecule has 0 aliphatic rings. The van der Waals surface area contributed by atoms with Gasteiger partial charge < -0.3 is 15.3 Å². The summed E-state index contributed by atoms with van der Waals surface area (Å²) in [7, 11) is 3.88. The predicted molar refractivity (Wildman–Crippen MR) is 62.1 cm³/mol. The molecule has 0 saturated heterocycles. The SMILES string of the molecule is CNc1snnc1CN(C)CCC(C)O. The minimum atomic E-state index is -0.246. The average molecular weight is 230 g/mol. The summed E-state index contributed by atoms with van der Waals surface area (Å²) in [6, 6.07) is 0. The second kappa shape index (κ2) is 5.99. The molecule has 2 N–H and O–H groups in total. The van der Waals surface area contributed by atoms with Gasteiger partial charge in [-0.3, -0.25) is 0 Å². The van der Waals surface area contributed by atoms with Crippen molar-refractivity contribution in [3.63, 3.8) is 0 Å². The Morgan fingerprint density at radius 3 is 2.93 bits per heavy atom. The summed E-state index contributed by atoms with van der Waals surface area (Å²) in [5.41, 5.74) is 0.968. The summed E-state index contributed by atoms with van der Waals surface area (Å²) < 4.78 is 3.89. The summed E-state index contributed by atoms with van der Waals surface area (Å²) >= 11 is 1.37. The largest absolute Gasteiger partial charge is 0.393 e. The van der Waals surface area contributed by atoms with E-state index in [2.05, 4.69) is 19.8 Å². The Kier molecular flexibility index (Phi) is 4.93. The minimum Gasteiger partial charge on any atom is -0.393 e. The molecular formula is C9H18N4OS. The maximum absolute atomic E-state index is 9.16. The van der Waals surface area contributed by atoms with Crippen molar-refractivity contribution in [1.82, 2.24) is 14.5 Å². The molecule has 0 fully saturated rings. The van der Waals surface area contributed by atoms with E-state index in [9.17, 15) is 0 Å². The first-order chi connectivity index (χ1) is 7.13. The Labute approximate surface area is 94.3 Å². The number of hydrogen-bond donors (Lipinski definition) is 2. The lowest BCUT2D eigenvalue weighted by molar-refractivity contribution is 0.162. The lowest BCUT2D eigenvalue weighted by atomic mass is 10.2. The average Bonchev–Trinajstić information content (AvgIpc) is 2.62. The number of anilines is 1. The molecule has 1 rings (SSSR count). The highest BCUT2D eigenvalue weighted by Crippen LogP contribution is 2.17. The van der Waals surface area contributed by atoms with Crippen LogP contribution in [0.1, 0.15) is 19.0 Å². The molecule has 86 valence electrons. The van der Waals surface area contributed by atoms with Crippen LogP contribution >= 0.6 is 11.5 Å². The molecule has 0 radical (unpaired) electrons. The molecule has 1 aromatic heterocycles. The van der Waals surface area contributed by atoms with Gasteiger partial charge in [-0.05, 0) is 20.4 Å². The highest BCUT2D eigenvalue weighted by molar-refractivity contribution is 7.10. The second-order valence-corrected chi connectivity index (χ2v) is 4.43. The first-order valence-corrected chi connectivity index (χ1v) is 5.76. The quantitative estimate of drug-likeness (QED) is 0.756. The summed E-state index contributed by atoms with van der Waals surface area (Å²) in [5.74, 6) is 0. The van der Waals surface area contributed by atoms with Crippen LogP contribution in [-0.2, 0) is 6.54 Å². The van der Waals surface area contributed by atoms with Crippen molar-refractivity contribution >= 4 is 16.5 Å². The van der Waals surface area contributed by atoms with Crippen molar-refractivity contribution in [1.29, 1.82) is 0 Å². The molecule has 0 bridgehead atoms. The van der Waals surface area contributed by atoms with E-state index in [1.165, 1.54) is 11.5 Å². The van der Waals surface area contributed by atoms with Crippen LogP contribution in [0.5, 0.6) is 0 Å². The first kappa shape index (κ1) is 12.4. The summed E-state index contributed by atoms with van der Waals surface area (Å²) in [5, 5.41) is 17.3. The molecular weight excluding hydrogens is 212 g/mol. The molecule has 0 spiro atoms. The summed E-state index contributed by atoms with van der Waals surface area (Å²) in [6.07, 6.45) is 0.535. The zero-order chi connectivity index (χ0) is 11.3. The molecule has 0 saturated carbocycles. The van der Waals surface area contributed by atoms with Crippen molar-refractivity contribution in [3.05, 3.63) is 5.69 Å². The van der Waals surface area contributed by atoms with E-state index in [0.29, 0.717) is 0 Å². The van der Waals surface area contributed by atoms with E-state index in [1.807, 2.05) is 14.1 Å². The maximum Gasteiger partial charge on any atom is 0.134 e. The van der Waals surface area contributed by atoms with Crippen LogP contribution in [0, 0.1) is 0 Å². The molecule has 0 aromatic carbocycles. The molecule has 0 aliphatic heterocycles. The van der Waals surface area contributed by atoms with Gasteiger partial charge in [0.15, 0.2) is 0 Å². The van der Waals surface area contributed by atoms with Gasteiger partial charge >= 0.3 is 0 Å². The number of hydrogen-bond acceptors (Lipinski definition) is 6. The van der Waals surface area contributed by atoms with Crippen molar-refractivity contribution in [2.24, 2.45) is 0 Å². The number of aromatic nitrogens is 2. The minimum absolute atomic E-state index is 0.246. The second-order valence-electron chi connectivity index (χ2n) is 3.67. The van der Waals surface area contributed by atoms with E-state index >= 15 is 0 Å². The number of nitrogens with zero attached hydrogens (tertiary/aromatic N) is 3. The van der Waals surface area contributed by atoms with E-state index in [0.717, 1.165) is 30.2 Å². The predicted octanol–water partition coefficient (Wildman–Crippen LogP) is 0.782. The lowest BCUT2D eigenvalue weighted by Crippen LogP contribution is -2.22. The highest BCUT2D eigenvalue weighted by Gasteiger charge is 2.09. The Hall–Kier alpha value is -0.720. The van der Waals surface area contributed by atoms with E-state index in [1.54, 1.807) is 6.92 Å². The molecule has 1 atom stereocenters. The topological polar surface area (TPSA) is 61.3 Å². The zero-order valence-electron chi connectivity index (χ0n) is 9.40. The van der Waals surface area contributed by atoms with Gasteiger partial charge in [0.25, 0.3) is 0 Å². The van der Waals surface area contributed by atoms with Gasteiger partial charge in [-0.1, -0.05) is 4.49 Å². The summed E-state index contributed by atoms with van der Waals surface area (Å²) in [6.45, 7) is 3.43. The van der Waals surface area contributed by atoms with Crippen LogP contribution in [0.3, 0.4) is 0 Å². The number of aliphatic hydroxyl groups is 1. The van der Waals surface area contributed by atoms with Gasteiger partial charge in [0, 0.05) is 31.7 Å². The van der Waals surface area contributed by atoms with Crippen molar-refractivity contribution in [2.75, 3.05) is 26.0 Å². The van der Waals surface area contributed by atoms with Gasteiger partial charge in [-0.15, -0.1) is 5.10 Å². The Morgan fingerprint density at radius 2 is 2.33 bits per heavy atom. The van der Waals surface area contributed by atoms with Gasteiger partial charge in [0.05, 0.1) is 6.10 Å². The molecule has 1 aromatic rings. The Bertz CT molecular complexity index is 289. The molecule has 6 heteroatoms. The van der Waals surface area contributed by atoms with Crippen LogP contribution in [0.15, 0.2) is 0 Å². The number of nitrogens with one attached hydrogen (secondary N) is 1. The first-order valence-electron chi connectivity index (χ1n) is 4.99. The molecule has 1 unspecified atom stereocenters. The Morgan fingerprint density at radius 1 is 1.60 bits per heavy atom. The fourth-order valence-corrected chi connectivity index (χ4v) is 1.77. The van der Waals surface area contributed by atoms with Crippen molar-refractivity contribution in [3.8, 4) is 0 Å². The monoisotopic (exact) mass is 230 g/mol. The van der Waals surface area contributed by atoms with Crippen LogP contribution in [-0.4, -0.2) is 46.3 Å². The van der Waals surface area contributed by atoms with Gasteiger partial charge in [-0.25, -0.2) is 0 Å². The smallest absolute Gasteiger partial charge is 0.134 e. The van der Waals surface area contributed by atoms with Crippen molar-refractivity contribution in [2.45, 2.75) is 26.0 Å². The molecule has 5 nitrogen and oxygen atoms in total. The lowest BCUT2D eigenvalue weighted by Gasteiger charge is -2.16. The van der Waals surface area contributed by atoms with Gasteiger partial charge in [0.2, 0.25) is 0 Å². The molecule has 0 amide bonds. The fraction of sp³-hybridized carbons (Fsp3) is 0.778. The normalized spacial score (nSPS) is 13.1. The fourth-order valence-electron chi connectivity index (χ4n) is 1.24. The van der Waals surface area contributed by atoms with E-state index in [4.69, 9.17) is 5.11 Å². The number of aliphatic hydroxyl groups excluding tert-OH is 1. The van der Waals surface area contributed by atoms with Gasteiger partial charge in [0.1, 0.15) is 10.7 Å². The van der Waals surface area contributed by atoms with Crippen LogP contribution in [0.25, 0.3) is 0 Å². The van der Waals surface area contributed by atoms with Crippen LogP contribution < -0.4 is 5.32 Å². The molecule has 0 aliphatic carbocycles. The standard InChI is InChI=1S/C9H18N4OS/c1-7(14)4-5-13(3)6-8-9(10-2)15-12-11-8/h7,10,14H,4-6H2,1-3H3. The zero-order valence-corrected chi connectivity index (χ0v) is 10.2. The van der Waals surface area contributed by atoms with Gasteiger partial charge in [-0.2, -0.15) is 0 Å². The Balaban J connectivity index is 2.40. The third-order valence-corrected chi connectivity index (χ3v) is 2.92. The van der Waals surface area contributed by atoms with Crippen LogP contribution in [0.4, 0.5) is 5.00 Å². The van der Waals surface area contributed by atoms with Crippen molar-refractivity contribution < 1.29 is 5.11 Å².